The van der Waals surface area contributed by atoms with Crippen LogP contribution in [0.4, 0.5) is 0 Å². The molecular weight excluding hydrogens is 212 g/mol. The molecule has 0 spiro atoms. The topological polar surface area (TPSA) is 33.3 Å². The van der Waals surface area contributed by atoms with Crippen LogP contribution in [0.3, 0.4) is 0 Å². The van der Waals surface area contributed by atoms with Gasteiger partial charge in [0.1, 0.15) is 5.75 Å². The average Bonchev–Trinajstić information content (AvgIpc) is 2.63. The van der Waals surface area contributed by atoms with Crippen molar-refractivity contribution in [2.45, 2.75) is 45.7 Å². The third-order valence-corrected chi connectivity index (χ3v) is 3.10. The Morgan fingerprint density at radius 2 is 1.88 bits per heavy atom. The Morgan fingerprint density at radius 3 is 2.47 bits per heavy atom. The molecule has 0 saturated carbocycles. The van der Waals surface area contributed by atoms with Gasteiger partial charge in [0, 0.05) is 12.1 Å². The molecule has 1 aromatic rings. The summed E-state index contributed by atoms with van der Waals surface area (Å²) < 4.78 is 5.80. The maximum Gasteiger partial charge on any atom is 0.119 e. The van der Waals surface area contributed by atoms with Crippen LogP contribution in [0.15, 0.2) is 18.2 Å². The summed E-state index contributed by atoms with van der Waals surface area (Å²) in [5, 5.41) is 0. The van der Waals surface area contributed by atoms with Gasteiger partial charge in [0.2, 0.25) is 0 Å². The van der Waals surface area contributed by atoms with Gasteiger partial charge in [-0.1, -0.05) is 6.07 Å². The first kappa shape index (κ1) is 12.4. The maximum atomic E-state index is 5.80. The normalized spacial score (nSPS) is 23.9. The average molecular weight is 234 g/mol. The van der Waals surface area contributed by atoms with Gasteiger partial charge in [-0.3, -0.25) is 10.9 Å². The van der Waals surface area contributed by atoms with Crippen LogP contribution >= 0.6 is 0 Å². The Morgan fingerprint density at radius 1 is 1.18 bits per heavy atom. The van der Waals surface area contributed by atoms with E-state index in [4.69, 9.17) is 4.74 Å². The number of nitrogens with one attached hydrogen (secondary N) is 2. The molecule has 2 N–H and O–H groups in total. The van der Waals surface area contributed by atoms with E-state index in [-0.39, 0.29) is 0 Å². The summed E-state index contributed by atoms with van der Waals surface area (Å²) in [5.74, 6) is 0.988. The third-order valence-electron chi connectivity index (χ3n) is 3.10. The highest BCUT2D eigenvalue weighted by molar-refractivity contribution is 5.32. The fraction of sp³-hybridized carbons (Fsp3) is 0.571. The maximum absolute atomic E-state index is 5.80. The van der Waals surface area contributed by atoms with E-state index in [1.165, 1.54) is 17.5 Å². The largest absolute Gasteiger partial charge is 0.494 e. The van der Waals surface area contributed by atoms with E-state index in [0.717, 1.165) is 18.8 Å². The molecule has 1 aliphatic rings. The number of hydrogen-bond donors (Lipinski definition) is 2. The molecule has 94 valence electrons. The molecule has 0 amide bonds. The van der Waals surface area contributed by atoms with Crippen LogP contribution in [0.2, 0.25) is 0 Å². The molecule has 0 radical (unpaired) electrons. The zero-order chi connectivity index (χ0) is 12.3. The van der Waals surface area contributed by atoms with Crippen LogP contribution in [-0.2, 0) is 0 Å². The molecule has 2 atom stereocenters. The summed E-state index contributed by atoms with van der Waals surface area (Å²) in [7, 11) is 0. The van der Waals surface area contributed by atoms with Gasteiger partial charge in [-0.15, -0.1) is 0 Å². The Labute approximate surface area is 104 Å². The van der Waals surface area contributed by atoms with Crippen molar-refractivity contribution < 1.29 is 4.74 Å². The molecule has 1 heterocycles. The smallest absolute Gasteiger partial charge is 0.119 e. The number of hydrogen-bond acceptors (Lipinski definition) is 3. The second-order valence-electron chi connectivity index (χ2n) is 5.08. The summed E-state index contributed by atoms with van der Waals surface area (Å²) in [4.78, 5) is 0. The van der Waals surface area contributed by atoms with Gasteiger partial charge in [0.15, 0.2) is 0 Å². The van der Waals surface area contributed by atoms with Crippen LogP contribution in [0.25, 0.3) is 0 Å². The Kier molecular flexibility index (Phi) is 4.02. The van der Waals surface area contributed by atoms with Crippen LogP contribution < -0.4 is 15.6 Å². The van der Waals surface area contributed by atoms with E-state index in [0.29, 0.717) is 12.1 Å². The van der Waals surface area contributed by atoms with Crippen molar-refractivity contribution in [1.29, 1.82) is 0 Å². The zero-order valence-corrected chi connectivity index (χ0v) is 10.9. The summed E-state index contributed by atoms with van der Waals surface area (Å²) >= 11 is 0. The highest BCUT2D eigenvalue weighted by Crippen LogP contribution is 2.17. The SMILES string of the molecule is Cc1cc(C)cc(OCCC2CC(C)NN2)c1. The highest BCUT2D eigenvalue weighted by atomic mass is 16.5. The van der Waals surface area contributed by atoms with Gasteiger partial charge in [0.05, 0.1) is 6.61 Å². The predicted molar refractivity (Wildman–Crippen MR) is 70.2 cm³/mol. The van der Waals surface area contributed by atoms with Crippen LogP contribution in [0, 0.1) is 13.8 Å². The van der Waals surface area contributed by atoms with Gasteiger partial charge < -0.3 is 4.74 Å². The molecule has 3 nitrogen and oxygen atoms in total. The van der Waals surface area contributed by atoms with E-state index in [1.807, 2.05) is 0 Å². The minimum absolute atomic E-state index is 0.538. The minimum Gasteiger partial charge on any atom is -0.494 e. The van der Waals surface area contributed by atoms with Crippen molar-refractivity contribution in [1.82, 2.24) is 10.9 Å². The van der Waals surface area contributed by atoms with Gasteiger partial charge in [-0.05, 0) is 56.9 Å². The van der Waals surface area contributed by atoms with Crippen molar-refractivity contribution in [3.05, 3.63) is 29.3 Å². The zero-order valence-electron chi connectivity index (χ0n) is 10.9. The highest BCUT2D eigenvalue weighted by Gasteiger charge is 2.19. The lowest BCUT2D eigenvalue weighted by Gasteiger charge is -2.11. The molecule has 1 fully saturated rings. The molecule has 1 saturated heterocycles. The summed E-state index contributed by atoms with van der Waals surface area (Å²) in [6.07, 6.45) is 2.22. The van der Waals surface area contributed by atoms with Gasteiger partial charge >= 0.3 is 0 Å². The fourth-order valence-corrected chi connectivity index (χ4v) is 2.33. The Balaban J connectivity index is 1.78. The quantitative estimate of drug-likeness (QED) is 0.839. The summed E-state index contributed by atoms with van der Waals surface area (Å²) in [5.41, 5.74) is 9.03. The molecule has 3 heteroatoms. The van der Waals surface area contributed by atoms with Gasteiger partial charge in [-0.25, -0.2) is 0 Å². The first-order valence-corrected chi connectivity index (χ1v) is 6.35. The lowest BCUT2D eigenvalue weighted by molar-refractivity contribution is 0.289. The summed E-state index contributed by atoms with van der Waals surface area (Å²) in [6.45, 7) is 7.17. The molecule has 0 aliphatic carbocycles. The lowest BCUT2D eigenvalue weighted by Crippen LogP contribution is -2.33. The number of rotatable bonds is 4. The minimum atomic E-state index is 0.538. The molecule has 17 heavy (non-hydrogen) atoms. The molecule has 0 bridgehead atoms. The first-order valence-electron chi connectivity index (χ1n) is 6.35. The summed E-state index contributed by atoms with van der Waals surface area (Å²) in [6, 6.07) is 7.46. The van der Waals surface area contributed by atoms with E-state index < -0.39 is 0 Å². The predicted octanol–water partition coefficient (Wildman–Crippen LogP) is 2.33. The molecule has 1 aliphatic heterocycles. The van der Waals surface area contributed by atoms with Crippen LogP contribution in [0.1, 0.15) is 30.9 Å². The van der Waals surface area contributed by atoms with E-state index in [9.17, 15) is 0 Å². The van der Waals surface area contributed by atoms with Crippen molar-refractivity contribution in [3.8, 4) is 5.75 Å². The Hall–Kier alpha value is -1.06. The van der Waals surface area contributed by atoms with Gasteiger partial charge in [-0.2, -0.15) is 0 Å². The second kappa shape index (κ2) is 5.52. The molecule has 2 rings (SSSR count). The van der Waals surface area contributed by atoms with Crippen molar-refractivity contribution in [3.63, 3.8) is 0 Å². The first-order chi connectivity index (χ1) is 8.13. The molecule has 0 aromatic heterocycles. The van der Waals surface area contributed by atoms with E-state index >= 15 is 0 Å². The molecule has 2 unspecified atom stereocenters. The monoisotopic (exact) mass is 234 g/mol. The second-order valence-corrected chi connectivity index (χ2v) is 5.08. The number of benzene rings is 1. The van der Waals surface area contributed by atoms with Crippen molar-refractivity contribution >= 4 is 0 Å². The van der Waals surface area contributed by atoms with E-state index in [1.54, 1.807) is 0 Å². The number of ether oxygens (including phenoxy) is 1. The van der Waals surface area contributed by atoms with Crippen molar-refractivity contribution in [2.24, 2.45) is 0 Å². The molecule has 1 aromatic carbocycles. The Bertz CT molecular complexity index is 358. The lowest BCUT2D eigenvalue weighted by atomic mass is 10.1. The number of hydrazine groups is 1. The third kappa shape index (κ3) is 3.72. The standard InChI is InChI=1S/C14H22N2O/c1-10-6-11(2)8-14(7-10)17-5-4-13-9-12(3)15-16-13/h6-8,12-13,15-16H,4-5,9H2,1-3H3. The molecular formula is C14H22N2O. The van der Waals surface area contributed by atoms with E-state index in [2.05, 4.69) is 49.8 Å². The van der Waals surface area contributed by atoms with Crippen molar-refractivity contribution in [2.75, 3.05) is 6.61 Å². The van der Waals surface area contributed by atoms with Gasteiger partial charge in [0.25, 0.3) is 0 Å². The number of aryl methyl sites for hydroxylation is 2. The van der Waals surface area contributed by atoms with Crippen LogP contribution in [-0.4, -0.2) is 18.7 Å². The fourth-order valence-electron chi connectivity index (χ4n) is 2.33. The van der Waals surface area contributed by atoms with Crippen LogP contribution in [0.5, 0.6) is 5.75 Å².